The van der Waals surface area contributed by atoms with E-state index in [1.807, 2.05) is 30.3 Å². The molecule has 0 aliphatic carbocycles. The molecule has 0 bridgehead atoms. The molecule has 128 valence electrons. The second kappa shape index (κ2) is 6.94. The lowest BCUT2D eigenvalue weighted by atomic mass is 10.1. The maximum absolute atomic E-state index is 12.5. The van der Waals surface area contributed by atoms with E-state index in [0.717, 1.165) is 29.0 Å². The summed E-state index contributed by atoms with van der Waals surface area (Å²) in [5, 5.41) is 2.56. The van der Waals surface area contributed by atoms with Crippen molar-refractivity contribution in [2.75, 3.05) is 5.32 Å². The number of rotatable bonds is 4. The van der Waals surface area contributed by atoms with Gasteiger partial charge in [-0.05, 0) is 12.1 Å². The summed E-state index contributed by atoms with van der Waals surface area (Å²) in [5.74, 6) is -0.858. The smallest absolute Gasteiger partial charge is 0.406 e. The molecular formula is C17H11F3N2O2S. The molecule has 1 aromatic heterocycles. The Kier molecular flexibility index (Phi) is 4.71. The van der Waals surface area contributed by atoms with E-state index in [2.05, 4.69) is 15.0 Å². The van der Waals surface area contributed by atoms with E-state index in [-0.39, 0.29) is 5.69 Å². The van der Waals surface area contributed by atoms with Crippen molar-refractivity contribution in [3.63, 3.8) is 0 Å². The van der Waals surface area contributed by atoms with Gasteiger partial charge in [0.05, 0.1) is 11.2 Å². The summed E-state index contributed by atoms with van der Waals surface area (Å²) in [6.07, 6.45) is -4.79. The molecule has 0 fully saturated rings. The Labute approximate surface area is 144 Å². The Hall–Kier alpha value is -2.87. The zero-order valence-electron chi connectivity index (χ0n) is 12.6. The molecule has 0 saturated heterocycles. The van der Waals surface area contributed by atoms with Gasteiger partial charge in [-0.25, -0.2) is 4.98 Å². The third kappa shape index (κ3) is 4.36. The lowest BCUT2D eigenvalue weighted by Gasteiger charge is -2.10. The fourth-order valence-electron chi connectivity index (χ4n) is 2.17. The number of halogens is 3. The SMILES string of the molecule is O=C(Nc1cccc(OC(F)(F)F)c1)c1scnc1-c1ccccc1. The minimum absolute atomic E-state index is 0.194. The van der Waals surface area contributed by atoms with Gasteiger partial charge in [-0.3, -0.25) is 4.79 Å². The number of hydrogen-bond donors (Lipinski definition) is 1. The lowest BCUT2D eigenvalue weighted by molar-refractivity contribution is -0.274. The van der Waals surface area contributed by atoms with E-state index in [1.165, 1.54) is 12.1 Å². The first-order valence-corrected chi connectivity index (χ1v) is 7.96. The topological polar surface area (TPSA) is 51.2 Å². The highest BCUT2D eigenvalue weighted by molar-refractivity contribution is 7.12. The number of carbonyl (C=O) groups excluding carboxylic acids is 1. The number of hydrogen-bond acceptors (Lipinski definition) is 4. The fraction of sp³-hybridized carbons (Fsp3) is 0.0588. The van der Waals surface area contributed by atoms with E-state index < -0.39 is 18.0 Å². The van der Waals surface area contributed by atoms with Crippen molar-refractivity contribution >= 4 is 22.9 Å². The number of amides is 1. The molecule has 0 spiro atoms. The van der Waals surface area contributed by atoms with Gasteiger partial charge in [0.1, 0.15) is 10.6 Å². The molecule has 1 amide bonds. The third-order valence-electron chi connectivity index (χ3n) is 3.15. The number of thiazole rings is 1. The predicted molar refractivity (Wildman–Crippen MR) is 88.6 cm³/mol. The van der Waals surface area contributed by atoms with E-state index >= 15 is 0 Å². The molecule has 0 saturated carbocycles. The molecule has 1 N–H and O–H groups in total. The minimum atomic E-state index is -4.79. The molecule has 1 heterocycles. The van der Waals surface area contributed by atoms with E-state index in [1.54, 1.807) is 5.51 Å². The maximum atomic E-state index is 12.5. The van der Waals surface area contributed by atoms with Crippen LogP contribution in [0.1, 0.15) is 9.67 Å². The van der Waals surface area contributed by atoms with Crippen LogP contribution in [0.4, 0.5) is 18.9 Å². The largest absolute Gasteiger partial charge is 0.573 e. The van der Waals surface area contributed by atoms with Gasteiger partial charge in [0.25, 0.3) is 5.91 Å². The number of carbonyl (C=O) groups is 1. The average molecular weight is 364 g/mol. The highest BCUT2D eigenvalue weighted by Gasteiger charge is 2.31. The van der Waals surface area contributed by atoms with Crippen LogP contribution in [0.15, 0.2) is 60.1 Å². The first kappa shape index (κ1) is 17.0. The summed E-state index contributed by atoms with van der Waals surface area (Å²) in [6, 6.07) is 14.3. The molecule has 8 heteroatoms. The summed E-state index contributed by atoms with van der Waals surface area (Å²) in [5.41, 5.74) is 3.04. The Bertz CT molecular complexity index is 879. The van der Waals surface area contributed by atoms with Gasteiger partial charge in [0, 0.05) is 17.3 Å². The highest BCUT2D eigenvalue weighted by atomic mass is 32.1. The molecule has 0 aliphatic heterocycles. The Morgan fingerprint density at radius 2 is 1.84 bits per heavy atom. The maximum Gasteiger partial charge on any atom is 0.573 e. The molecule has 3 rings (SSSR count). The summed E-state index contributed by atoms with van der Waals surface area (Å²) in [4.78, 5) is 17.0. The fourth-order valence-corrected chi connectivity index (χ4v) is 2.87. The Morgan fingerprint density at radius 1 is 1.08 bits per heavy atom. The summed E-state index contributed by atoms with van der Waals surface area (Å²) >= 11 is 1.15. The molecule has 0 atom stereocenters. The second-order valence-corrected chi connectivity index (χ2v) is 5.78. The van der Waals surface area contributed by atoms with Crippen LogP contribution < -0.4 is 10.1 Å². The highest BCUT2D eigenvalue weighted by Crippen LogP contribution is 2.28. The standard InChI is InChI=1S/C17H11F3N2O2S/c18-17(19,20)24-13-8-4-7-12(9-13)22-16(23)15-14(21-10-25-15)11-5-2-1-3-6-11/h1-10H,(H,22,23). The monoisotopic (exact) mass is 364 g/mol. The van der Waals surface area contributed by atoms with Crippen LogP contribution in [-0.4, -0.2) is 17.3 Å². The van der Waals surface area contributed by atoms with Crippen LogP contribution in [0.3, 0.4) is 0 Å². The van der Waals surface area contributed by atoms with Crippen LogP contribution in [0.2, 0.25) is 0 Å². The van der Waals surface area contributed by atoms with Crippen molar-refractivity contribution in [2.45, 2.75) is 6.36 Å². The normalized spacial score (nSPS) is 11.2. The molecule has 0 aliphatic rings. The molecule has 0 unspecified atom stereocenters. The van der Waals surface area contributed by atoms with Gasteiger partial charge in [0.15, 0.2) is 0 Å². The number of aromatic nitrogens is 1. The first-order chi connectivity index (χ1) is 11.9. The van der Waals surface area contributed by atoms with Crippen molar-refractivity contribution in [3.8, 4) is 17.0 Å². The minimum Gasteiger partial charge on any atom is -0.406 e. The van der Waals surface area contributed by atoms with Gasteiger partial charge < -0.3 is 10.1 Å². The van der Waals surface area contributed by atoms with E-state index in [9.17, 15) is 18.0 Å². The number of alkyl halides is 3. The molecule has 25 heavy (non-hydrogen) atoms. The van der Waals surface area contributed by atoms with Gasteiger partial charge in [0.2, 0.25) is 0 Å². The van der Waals surface area contributed by atoms with Crippen molar-refractivity contribution in [2.24, 2.45) is 0 Å². The summed E-state index contributed by atoms with van der Waals surface area (Å²) in [7, 11) is 0. The first-order valence-electron chi connectivity index (χ1n) is 7.08. The Balaban J connectivity index is 1.80. The van der Waals surface area contributed by atoms with Crippen molar-refractivity contribution in [1.29, 1.82) is 0 Å². The predicted octanol–water partition coefficient (Wildman–Crippen LogP) is 4.96. The molecule has 2 aromatic carbocycles. The van der Waals surface area contributed by atoms with Gasteiger partial charge >= 0.3 is 6.36 Å². The summed E-state index contributed by atoms with van der Waals surface area (Å²) < 4.78 is 40.7. The number of nitrogens with zero attached hydrogens (tertiary/aromatic N) is 1. The zero-order valence-corrected chi connectivity index (χ0v) is 13.4. The van der Waals surface area contributed by atoms with Crippen LogP contribution in [0.25, 0.3) is 11.3 Å². The van der Waals surface area contributed by atoms with Gasteiger partial charge in [-0.2, -0.15) is 0 Å². The van der Waals surface area contributed by atoms with Crippen molar-refractivity contribution < 1.29 is 22.7 Å². The number of benzene rings is 2. The van der Waals surface area contributed by atoms with Crippen LogP contribution in [-0.2, 0) is 0 Å². The third-order valence-corrected chi connectivity index (χ3v) is 3.97. The summed E-state index contributed by atoms with van der Waals surface area (Å²) in [6.45, 7) is 0. The molecule has 0 radical (unpaired) electrons. The van der Waals surface area contributed by atoms with Gasteiger partial charge in [-0.15, -0.1) is 24.5 Å². The van der Waals surface area contributed by atoms with E-state index in [0.29, 0.717) is 10.6 Å². The van der Waals surface area contributed by atoms with E-state index in [4.69, 9.17) is 0 Å². The van der Waals surface area contributed by atoms with Gasteiger partial charge in [-0.1, -0.05) is 36.4 Å². The van der Waals surface area contributed by atoms with Crippen LogP contribution in [0.5, 0.6) is 5.75 Å². The molecule has 4 nitrogen and oxygen atoms in total. The number of ether oxygens (including phenoxy) is 1. The second-order valence-electron chi connectivity index (χ2n) is 4.93. The molecular weight excluding hydrogens is 353 g/mol. The quantitative estimate of drug-likeness (QED) is 0.712. The van der Waals surface area contributed by atoms with Crippen molar-refractivity contribution in [1.82, 2.24) is 4.98 Å². The number of anilines is 1. The lowest BCUT2D eigenvalue weighted by Crippen LogP contribution is -2.17. The van der Waals surface area contributed by atoms with Crippen LogP contribution in [0, 0.1) is 0 Å². The van der Waals surface area contributed by atoms with Crippen molar-refractivity contribution in [3.05, 3.63) is 65.0 Å². The van der Waals surface area contributed by atoms with Crippen LogP contribution >= 0.6 is 11.3 Å². The number of nitrogens with one attached hydrogen (secondary N) is 1. The molecule has 3 aromatic rings. The zero-order chi connectivity index (χ0) is 17.9. The Morgan fingerprint density at radius 3 is 2.56 bits per heavy atom. The average Bonchev–Trinajstić information content (AvgIpc) is 3.04.